The first-order valence-electron chi connectivity index (χ1n) is 9.85. The van der Waals surface area contributed by atoms with Gasteiger partial charge in [-0.1, -0.05) is 29.5 Å². The number of amides is 1. The number of carbonyl (C=O) groups is 1. The van der Waals surface area contributed by atoms with E-state index in [9.17, 15) is 4.79 Å². The maximum absolute atomic E-state index is 12.6. The lowest BCUT2D eigenvalue weighted by Crippen LogP contribution is -2.11. The Hall–Kier alpha value is -3.62. The minimum Gasteiger partial charge on any atom is -0.494 e. The molecule has 1 amide bonds. The van der Waals surface area contributed by atoms with Crippen molar-refractivity contribution in [1.29, 1.82) is 0 Å². The molecule has 1 N–H and O–H groups in total. The van der Waals surface area contributed by atoms with Gasteiger partial charge in [-0.15, -0.1) is 11.3 Å². The lowest BCUT2D eigenvalue weighted by molar-refractivity contribution is 0.102. The first-order valence-corrected chi connectivity index (χ1v) is 11.5. The Morgan fingerprint density at radius 2 is 1.88 bits per heavy atom. The Morgan fingerprint density at radius 1 is 1.03 bits per heavy atom. The maximum Gasteiger partial charge on any atom is 0.257 e. The molecule has 0 aliphatic rings. The average molecular weight is 459 g/mol. The standard InChI is InChI=1S/C24H18N4O2S2/c1-14-8-9-16(12-25-14)23-26-18(13-31-23)17-10-11-19(30-2)20-21(17)32-24(27-20)28-22(29)15-6-4-3-5-7-15/h3-13H,1-2H3,(H,27,28,29). The zero-order chi connectivity index (χ0) is 22.1. The van der Waals surface area contributed by atoms with Crippen molar-refractivity contribution in [1.82, 2.24) is 15.0 Å². The molecule has 6 nitrogen and oxygen atoms in total. The van der Waals surface area contributed by atoms with Crippen molar-refractivity contribution in [3.05, 3.63) is 77.4 Å². The zero-order valence-electron chi connectivity index (χ0n) is 17.3. The van der Waals surface area contributed by atoms with E-state index in [0.29, 0.717) is 22.0 Å². The second-order valence-electron chi connectivity index (χ2n) is 7.06. The molecule has 3 heterocycles. The van der Waals surface area contributed by atoms with Crippen LogP contribution in [0.3, 0.4) is 0 Å². The third-order valence-corrected chi connectivity index (χ3v) is 6.82. The van der Waals surface area contributed by atoms with Crippen molar-refractivity contribution in [2.75, 3.05) is 12.4 Å². The van der Waals surface area contributed by atoms with Crippen LogP contribution in [-0.4, -0.2) is 28.0 Å². The van der Waals surface area contributed by atoms with Crippen molar-refractivity contribution < 1.29 is 9.53 Å². The summed E-state index contributed by atoms with van der Waals surface area (Å²) in [5.74, 6) is 0.450. The minimum absolute atomic E-state index is 0.201. The van der Waals surface area contributed by atoms with Gasteiger partial charge < -0.3 is 4.74 Å². The molecule has 158 valence electrons. The van der Waals surface area contributed by atoms with E-state index in [-0.39, 0.29) is 5.91 Å². The summed E-state index contributed by atoms with van der Waals surface area (Å²) in [6, 6.07) is 16.9. The van der Waals surface area contributed by atoms with Crippen molar-refractivity contribution in [2.45, 2.75) is 6.92 Å². The summed E-state index contributed by atoms with van der Waals surface area (Å²) in [5.41, 5.74) is 5.03. The van der Waals surface area contributed by atoms with Crippen LogP contribution in [-0.2, 0) is 0 Å². The SMILES string of the molecule is COc1ccc(-c2csc(-c3ccc(C)nc3)n2)c2sc(NC(=O)c3ccccc3)nc12. The summed E-state index contributed by atoms with van der Waals surface area (Å²) < 4.78 is 6.42. The third kappa shape index (κ3) is 3.86. The number of nitrogens with zero attached hydrogens (tertiary/aromatic N) is 3. The van der Waals surface area contributed by atoms with E-state index in [0.717, 1.165) is 32.2 Å². The van der Waals surface area contributed by atoms with Gasteiger partial charge in [0, 0.05) is 34.0 Å². The molecule has 0 radical (unpaired) electrons. The number of aromatic nitrogens is 3. The molecule has 0 atom stereocenters. The van der Waals surface area contributed by atoms with Gasteiger partial charge in [0.25, 0.3) is 5.91 Å². The Balaban J connectivity index is 1.53. The highest BCUT2D eigenvalue weighted by Gasteiger charge is 2.18. The minimum atomic E-state index is -0.201. The number of hydrogen-bond donors (Lipinski definition) is 1. The van der Waals surface area contributed by atoms with Crippen molar-refractivity contribution in [3.63, 3.8) is 0 Å². The highest BCUT2D eigenvalue weighted by atomic mass is 32.1. The lowest BCUT2D eigenvalue weighted by atomic mass is 10.1. The van der Waals surface area contributed by atoms with Gasteiger partial charge in [0.05, 0.1) is 17.5 Å². The number of benzene rings is 2. The van der Waals surface area contributed by atoms with E-state index < -0.39 is 0 Å². The highest BCUT2D eigenvalue weighted by molar-refractivity contribution is 7.23. The quantitative estimate of drug-likeness (QED) is 0.347. The van der Waals surface area contributed by atoms with Crippen LogP contribution in [0.2, 0.25) is 0 Å². The van der Waals surface area contributed by atoms with Crippen LogP contribution < -0.4 is 10.1 Å². The molecule has 0 saturated carbocycles. The van der Waals surface area contributed by atoms with Crippen LogP contribution >= 0.6 is 22.7 Å². The van der Waals surface area contributed by atoms with E-state index in [2.05, 4.69) is 15.3 Å². The summed E-state index contributed by atoms with van der Waals surface area (Å²) in [6.45, 7) is 1.96. The number of carbonyl (C=O) groups excluding carboxylic acids is 1. The molecule has 0 fully saturated rings. The normalized spacial score (nSPS) is 10.9. The van der Waals surface area contributed by atoms with Gasteiger partial charge in [0.2, 0.25) is 0 Å². The maximum atomic E-state index is 12.6. The summed E-state index contributed by atoms with van der Waals surface area (Å²) in [6.07, 6.45) is 1.84. The Bertz CT molecular complexity index is 1410. The Morgan fingerprint density at radius 3 is 2.62 bits per heavy atom. The lowest BCUT2D eigenvalue weighted by Gasteiger charge is -2.03. The van der Waals surface area contributed by atoms with Crippen molar-refractivity contribution in [3.8, 4) is 27.6 Å². The van der Waals surface area contributed by atoms with E-state index in [1.54, 1.807) is 30.6 Å². The van der Waals surface area contributed by atoms with Gasteiger partial charge in [-0.3, -0.25) is 15.1 Å². The fourth-order valence-corrected chi connectivity index (χ4v) is 5.10. The summed E-state index contributed by atoms with van der Waals surface area (Å²) in [7, 11) is 1.61. The number of aryl methyl sites for hydroxylation is 1. The molecule has 5 rings (SSSR count). The van der Waals surface area contributed by atoms with Crippen molar-refractivity contribution in [2.24, 2.45) is 0 Å². The van der Waals surface area contributed by atoms with E-state index in [1.165, 1.54) is 11.3 Å². The second kappa shape index (κ2) is 8.49. The number of thiazole rings is 2. The molecule has 8 heteroatoms. The molecule has 32 heavy (non-hydrogen) atoms. The highest BCUT2D eigenvalue weighted by Crippen LogP contribution is 2.40. The van der Waals surface area contributed by atoms with Gasteiger partial charge in [-0.05, 0) is 43.3 Å². The average Bonchev–Trinajstić information content (AvgIpc) is 3.47. The number of anilines is 1. The topological polar surface area (TPSA) is 77.0 Å². The van der Waals surface area contributed by atoms with Gasteiger partial charge in [-0.25, -0.2) is 9.97 Å². The Labute approximate surface area is 192 Å². The van der Waals surface area contributed by atoms with Crippen LogP contribution in [0, 0.1) is 6.92 Å². The number of ether oxygens (including phenoxy) is 1. The fraction of sp³-hybridized carbons (Fsp3) is 0.0833. The van der Waals surface area contributed by atoms with E-state index in [1.807, 2.05) is 61.0 Å². The fourth-order valence-electron chi connectivity index (χ4n) is 3.29. The van der Waals surface area contributed by atoms with Gasteiger partial charge >= 0.3 is 0 Å². The molecule has 3 aromatic heterocycles. The summed E-state index contributed by atoms with van der Waals surface area (Å²) in [5, 5.41) is 6.34. The smallest absolute Gasteiger partial charge is 0.257 e. The predicted molar refractivity (Wildman–Crippen MR) is 130 cm³/mol. The van der Waals surface area contributed by atoms with Crippen LogP contribution in [0.25, 0.3) is 32.0 Å². The number of pyridine rings is 1. The number of nitrogens with one attached hydrogen (secondary N) is 1. The summed E-state index contributed by atoms with van der Waals surface area (Å²) in [4.78, 5) is 26.4. The predicted octanol–water partition coefficient (Wildman–Crippen LogP) is 6.05. The van der Waals surface area contributed by atoms with Gasteiger partial charge in [0.1, 0.15) is 16.3 Å². The van der Waals surface area contributed by atoms with E-state index >= 15 is 0 Å². The third-order valence-electron chi connectivity index (χ3n) is 4.92. The molecule has 5 aromatic rings. The number of hydrogen-bond acceptors (Lipinski definition) is 7. The molecule has 2 aromatic carbocycles. The first kappa shape index (κ1) is 20.3. The van der Waals surface area contributed by atoms with Gasteiger partial charge in [0.15, 0.2) is 5.13 Å². The molecular weight excluding hydrogens is 440 g/mol. The van der Waals surface area contributed by atoms with Crippen LogP contribution in [0.4, 0.5) is 5.13 Å². The summed E-state index contributed by atoms with van der Waals surface area (Å²) >= 11 is 2.98. The van der Waals surface area contributed by atoms with Crippen molar-refractivity contribution >= 4 is 43.9 Å². The first-order chi connectivity index (χ1) is 15.6. The second-order valence-corrected chi connectivity index (χ2v) is 8.92. The van der Waals surface area contributed by atoms with Crippen LogP contribution in [0.15, 0.2) is 66.2 Å². The molecule has 0 unspecified atom stereocenters. The monoisotopic (exact) mass is 458 g/mol. The van der Waals surface area contributed by atoms with Gasteiger partial charge in [-0.2, -0.15) is 0 Å². The van der Waals surface area contributed by atoms with Crippen LogP contribution in [0.5, 0.6) is 5.75 Å². The number of methoxy groups -OCH3 is 1. The zero-order valence-corrected chi connectivity index (χ0v) is 19.0. The molecule has 0 spiro atoms. The molecule has 0 bridgehead atoms. The largest absolute Gasteiger partial charge is 0.494 e. The van der Waals surface area contributed by atoms with Crippen LogP contribution in [0.1, 0.15) is 16.1 Å². The number of rotatable bonds is 5. The molecule has 0 aliphatic heterocycles. The Kier molecular flexibility index (Phi) is 5.38. The number of fused-ring (bicyclic) bond motifs is 1. The molecule has 0 saturated heterocycles. The van der Waals surface area contributed by atoms with E-state index in [4.69, 9.17) is 9.72 Å². The molecule has 0 aliphatic carbocycles. The molecular formula is C24H18N4O2S2.